The molecule has 8 nitrogen and oxygen atoms in total. The zero-order chi connectivity index (χ0) is 28.8. The van der Waals surface area contributed by atoms with Crippen LogP contribution in [0.15, 0.2) is 85.6 Å². The first kappa shape index (κ1) is 27.4. The quantitative estimate of drug-likeness (QED) is 0.207. The number of fused-ring (bicyclic) bond motifs is 2. The van der Waals surface area contributed by atoms with E-state index in [4.69, 9.17) is 9.47 Å². The Morgan fingerprint density at radius 2 is 1.95 bits per heavy atom. The summed E-state index contributed by atoms with van der Waals surface area (Å²) in [6, 6.07) is 17.7. The standard InChI is InChI=1S/C33H31N5O3/c1-33(2,3)41-32(39)38-26(16-25-18-37-30-9-5-4-7-27(25)30)21-40-31-20-36-19-29(28(31)8-6-13-34)23-10-11-24-17-35-14-12-22(24)15-23/h4-12,14-15,17-20,26,37H,16,21H2,1-3H3,(H,38,39). The fourth-order valence-corrected chi connectivity index (χ4v) is 4.72. The fourth-order valence-electron chi connectivity index (χ4n) is 4.72. The predicted molar refractivity (Wildman–Crippen MR) is 160 cm³/mol. The molecule has 0 aliphatic rings. The van der Waals surface area contributed by atoms with E-state index in [1.165, 1.54) is 6.08 Å². The Labute approximate surface area is 238 Å². The number of ether oxygens (including phenoxy) is 2. The van der Waals surface area contributed by atoms with Crippen molar-refractivity contribution >= 4 is 33.8 Å². The first-order valence-corrected chi connectivity index (χ1v) is 13.4. The molecule has 1 amide bonds. The van der Waals surface area contributed by atoms with Crippen molar-refractivity contribution in [3.05, 3.63) is 96.7 Å². The summed E-state index contributed by atoms with van der Waals surface area (Å²) in [4.78, 5) is 24.7. The summed E-state index contributed by atoms with van der Waals surface area (Å²) in [5, 5.41) is 15.4. The van der Waals surface area contributed by atoms with Crippen molar-refractivity contribution in [2.45, 2.75) is 38.8 Å². The molecule has 2 aromatic carbocycles. The molecule has 0 aliphatic carbocycles. The average Bonchev–Trinajstić information content (AvgIpc) is 3.36. The molecule has 0 radical (unpaired) electrons. The molecule has 3 aromatic heterocycles. The van der Waals surface area contributed by atoms with Crippen LogP contribution in [-0.4, -0.2) is 39.3 Å². The number of carbonyl (C=O) groups excluding carboxylic acids is 1. The van der Waals surface area contributed by atoms with Gasteiger partial charge >= 0.3 is 6.09 Å². The summed E-state index contributed by atoms with van der Waals surface area (Å²) >= 11 is 0. The van der Waals surface area contributed by atoms with Crippen LogP contribution in [0.1, 0.15) is 31.9 Å². The molecule has 0 spiro atoms. The van der Waals surface area contributed by atoms with E-state index in [1.807, 2.05) is 75.6 Å². The molecule has 5 aromatic rings. The second-order valence-electron chi connectivity index (χ2n) is 10.7. The van der Waals surface area contributed by atoms with Crippen LogP contribution in [0.5, 0.6) is 5.75 Å². The number of H-pyrrole nitrogens is 1. The topological polar surface area (TPSA) is 113 Å². The summed E-state index contributed by atoms with van der Waals surface area (Å²) in [6.45, 7) is 5.63. The lowest BCUT2D eigenvalue weighted by atomic mass is 9.98. The molecule has 0 bridgehead atoms. The van der Waals surface area contributed by atoms with Crippen molar-refractivity contribution in [3.8, 4) is 22.9 Å². The summed E-state index contributed by atoms with van der Waals surface area (Å²) in [5.74, 6) is 0.499. The van der Waals surface area contributed by atoms with Crippen molar-refractivity contribution in [1.29, 1.82) is 5.26 Å². The van der Waals surface area contributed by atoms with Gasteiger partial charge in [0.2, 0.25) is 0 Å². The minimum Gasteiger partial charge on any atom is -0.489 e. The Balaban J connectivity index is 1.45. The fraction of sp³-hybridized carbons (Fsp3) is 0.212. The van der Waals surface area contributed by atoms with Crippen molar-refractivity contribution in [1.82, 2.24) is 20.3 Å². The van der Waals surface area contributed by atoms with Crippen molar-refractivity contribution in [2.75, 3.05) is 6.61 Å². The smallest absolute Gasteiger partial charge is 0.408 e. The zero-order valence-corrected chi connectivity index (χ0v) is 23.2. The number of para-hydroxylation sites is 1. The van der Waals surface area contributed by atoms with E-state index in [0.29, 0.717) is 12.2 Å². The molecule has 41 heavy (non-hydrogen) atoms. The normalized spacial score (nSPS) is 12.3. The van der Waals surface area contributed by atoms with Gasteiger partial charge in [0.15, 0.2) is 0 Å². The third-order valence-corrected chi connectivity index (χ3v) is 6.53. The molecule has 0 saturated carbocycles. The molecule has 1 unspecified atom stereocenters. The minimum atomic E-state index is -0.639. The van der Waals surface area contributed by atoms with E-state index >= 15 is 0 Å². The number of amides is 1. The van der Waals surface area contributed by atoms with E-state index in [9.17, 15) is 10.1 Å². The largest absolute Gasteiger partial charge is 0.489 e. The molecule has 8 heteroatoms. The Morgan fingerprint density at radius 1 is 1.10 bits per heavy atom. The summed E-state index contributed by atoms with van der Waals surface area (Å²) < 4.78 is 11.9. The second-order valence-corrected chi connectivity index (χ2v) is 10.7. The Morgan fingerprint density at radius 3 is 2.78 bits per heavy atom. The van der Waals surface area contributed by atoms with E-state index in [-0.39, 0.29) is 6.61 Å². The number of alkyl carbamates (subject to hydrolysis) is 1. The maximum atomic E-state index is 12.8. The van der Waals surface area contributed by atoms with Crippen molar-refractivity contribution < 1.29 is 14.3 Å². The van der Waals surface area contributed by atoms with Gasteiger partial charge in [-0.05, 0) is 68.0 Å². The number of nitrogens with zero attached hydrogens (tertiary/aromatic N) is 3. The average molecular weight is 546 g/mol. The van der Waals surface area contributed by atoms with Crippen LogP contribution >= 0.6 is 0 Å². The number of nitrogens with one attached hydrogen (secondary N) is 2. The van der Waals surface area contributed by atoms with Crippen LogP contribution in [0.3, 0.4) is 0 Å². The highest BCUT2D eigenvalue weighted by molar-refractivity contribution is 5.89. The van der Waals surface area contributed by atoms with E-state index < -0.39 is 17.7 Å². The molecule has 0 fully saturated rings. The minimum absolute atomic E-state index is 0.153. The van der Waals surface area contributed by atoms with Gasteiger partial charge in [0.1, 0.15) is 18.0 Å². The molecular formula is C33H31N5O3. The van der Waals surface area contributed by atoms with Crippen LogP contribution in [0.4, 0.5) is 4.79 Å². The van der Waals surface area contributed by atoms with E-state index in [2.05, 4.69) is 32.4 Å². The van der Waals surface area contributed by atoms with Crippen LogP contribution in [-0.2, 0) is 11.2 Å². The van der Waals surface area contributed by atoms with Gasteiger partial charge in [-0.15, -0.1) is 0 Å². The van der Waals surface area contributed by atoms with Crippen LogP contribution in [0, 0.1) is 11.3 Å². The first-order valence-electron chi connectivity index (χ1n) is 13.4. The maximum absolute atomic E-state index is 12.8. The maximum Gasteiger partial charge on any atom is 0.408 e. The molecule has 206 valence electrons. The van der Waals surface area contributed by atoms with Gasteiger partial charge in [-0.25, -0.2) is 4.79 Å². The lowest BCUT2D eigenvalue weighted by Crippen LogP contribution is -2.43. The number of aromatic nitrogens is 3. The van der Waals surface area contributed by atoms with E-state index in [1.54, 1.807) is 24.7 Å². The number of hydrogen-bond acceptors (Lipinski definition) is 6. The van der Waals surface area contributed by atoms with Crippen molar-refractivity contribution in [3.63, 3.8) is 0 Å². The van der Waals surface area contributed by atoms with Gasteiger partial charge in [0.25, 0.3) is 0 Å². The number of pyridine rings is 2. The van der Waals surface area contributed by atoms with E-state index in [0.717, 1.165) is 43.9 Å². The molecule has 0 aliphatic heterocycles. The van der Waals surface area contributed by atoms with Gasteiger partial charge in [-0.1, -0.05) is 30.3 Å². The number of allylic oxidation sites excluding steroid dienone is 1. The lowest BCUT2D eigenvalue weighted by molar-refractivity contribution is 0.0488. The third kappa shape index (κ3) is 6.71. The zero-order valence-electron chi connectivity index (χ0n) is 23.2. The lowest BCUT2D eigenvalue weighted by Gasteiger charge is -2.24. The molecule has 0 saturated heterocycles. The molecule has 5 rings (SSSR count). The van der Waals surface area contributed by atoms with Gasteiger partial charge in [-0.2, -0.15) is 5.26 Å². The number of aromatic amines is 1. The molecule has 1 atom stereocenters. The molecule has 3 heterocycles. The Kier molecular flexibility index (Phi) is 7.97. The number of hydrogen-bond donors (Lipinski definition) is 2. The highest BCUT2D eigenvalue weighted by Crippen LogP contribution is 2.33. The summed E-state index contributed by atoms with van der Waals surface area (Å²) in [7, 11) is 0. The molecule has 2 N–H and O–H groups in total. The molecular weight excluding hydrogens is 514 g/mol. The Hall–Kier alpha value is -5.16. The number of nitriles is 1. The van der Waals surface area contributed by atoms with Crippen LogP contribution < -0.4 is 10.1 Å². The highest BCUT2D eigenvalue weighted by atomic mass is 16.6. The number of benzene rings is 2. The van der Waals surface area contributed by atoms with Crippen LogP contribution in [0.2, 0.25) is 0 Å². The SMILES string of the molecule is CC(C)(C)OC(=O)NC(COc1cncc(-c2ccc3cnccc3c2)c1C=CC#N)Cc1c[nH]c2ccccc12. The Bertz CT molecular complexity index is 1760. The van der Waals surface area contributed by atoms with Gasteiger partial charge < -0.3 is 19.8 Å². The third-order valence-electron chi connectivity index (χ3n) is 6.53. The number of carbonyl (C=O) groups is 1. The monoisotopic (exact) mass is 545 g/mol. The number of rotatable bonds is 8. The van der Waals surface area contributed by atoms with Crippen LogP contribution in [0.25, 0.3) is 38.9 Å². The first-order chi connectivity index (χ1) is 19.8. The van der Waals surface area contributed by atoms with Crippen molar-refractivity contribution in [2.24, 2.45) is 0 Å². The summed E-state index contributed by atoms with van der Waals surface area (Å²) in [5.41, 5.74) is 3.90. The second kappa shape index (κ2) is 11.9. The highest BCUT2D eigenvalue weighted by Gasteiger charge is 2.22. The van der Waals surface area contributed by atoms with Gasteiger partial charge in [0.05, 0.1) is 18.3 Å². The predicted octanol–water partition coefficient (Wildman–Crippen LogP) is 6.83. The van der Waals surface area contributed by atoms with Gasteiger partial charge in [-0.3, -0.25) is 9.97 Å². The summed E-state index contributed by atoms with van der Waals surface area (Å²) in [6.07, 6.45) is 12.0. The van der Waals surface area contributed by atoms with Gasteiger partial charge in [0, 0.05) is 58.3 Å².